The van der Waals surface area contributed by atoms with Gasteiger partial charge in [-0.25, -0.2) is 8.42 Å². The van der Waals surface area contributed by atoms with Crippen LogP contribution in [0.5, 0.6) is 11.5 Å². The minimum atomic E-state index is -4.55. The fourth-order valence-corrected chi connectivity index (χ4v) is 10.4. The summed E-state index contributed by atoms with van der Waals surface area (Å²) in [6, 6.07) is 44.0. The van der Waals surface area contributed by atoms with Crippen LogP contribution in [-0.4, -0.2) is 25.2 Å². The Hall–Kier alpha value is -3.96. The van der Waals surface area contributed by atoms with Gasteiger partial charge in [-0.15, -0.1) is 0 Å². The Labute approximate surface area is 281 Å². The Morgan fingerprint density at radius 3 is 1.30 bits per heavy atom. The molecule has 0 unspecified atom stereocenters. The van der Waals surface area contributed by atoms with Crippen molar-refractivity contribution in [3.63, 3.8) is 0 Å². The SMILES string of the molecule is CC(C)(C)c1cc(S(=O)(=O)[O-])cc(C(C)(C)C)c1O.COc1ccc(C[P+](c2ccccc2)(c2ccccc2)c2ccccc2)cc1. The monoisotopic (exact) mass is 668 g/mol. The maximum Gasteiger partial charge on any atom is 0.124 e. The first-order valence-corrected chi connectivity index (χ1v) is 19.0. The molecule has 0 atom stereocenters. The summed E-state index contributed by atoms with van der Waals surface area (Å²) in [5, 5.41) is 14.6. The van der Waals surface area contributed by atoms with E-state index in [-0.39, 0.29) is 10.6 Å². The third-order valence-corrected chi connectivity index (χ3v) is 13.3. The van der Waals surface area contributed by atoms with Crippen molar-refractivity contribution in [2.45, 2.75) is 63.4 Å². The Morgan fingerprint density at radius 2 is 1.00 bits per heavy atom. The highest BCUT2D eigenvalue weighted by Crippen LogP contribution is 2.58. The van der Waals surface area contributed by atoms with Gasteiger partial charge < -0.3 is 14.4 Å². The molecule has 5 nitrogen and oxygen atoms in total. The average molecular weight is 669 g/mol. The van der Waals surface area contributed by atoms with Crippen LogP contribution in [0.4, 0.5) is 0 Å². The van der Waals surface area contributed by atoms with E-state index >= 15 is 0 Å². The zero-order chi connectivity index (χ0) is 34.5. The second kappa shape index (κ2) is 14.4. The minimum Gasteiger partial charge on any atom is -0.744 e. The number of aromatic hydroxyl groups is 1. The molecule has 0 saturated carbocycles. The largest absolute Gasteiger partial charge is 0.744 e. The highest BCUT2D eigenvalue weighted by Gasteiger charge is 2.45. The van der Waals surface area contributed by atoms with Gasteiger partial charge in [0.15, 0.2) is 0 Å². The second-order valence-corrected chi connectivity index (χ2v) is 18.5. The predicted octanol–water partition coefficient (Wildman–Crippen LogP) is 8.08. The van der Waals surface area contributed by atoms with Gasteiger partial charge in [-0.3, -0.25) is 0 Å². The van der Waals surface area contributed by atoms with Crippen LogP contribution in [0.25, 0.3) is 0 Å². The van der Waals surface area contributed by atoms with E-state index < -0.39 is 28.2 Å². The van der Waals surface area contributed by atoms with Gasteiger partial charge in [-0.1, -0.05) is 108 Å². The van der Waals surface area contributed by atoms with Gasteiger partial charge in [0.2, 0.25) is 0 Å². The molecule has 0 aliphatic carbocycles. The normalized spacial score (nSPS) is 12.2. The van der Waals surface area contributed by atoms with E-state index in [1.165, 1.54) is 33.6 Å². The van der Waals surface area contributed by atoms with Crippen LogP contribution in [0.15, 0.2) is 132 Å². The third kappa shape index (κ3) is 8.50. The number of hydrogen-bond acceptors (Lipinski definition) is 5. The van der Waals surface area contributed by atoms with Gasteiger partial charge in [0.05, 0.1) is 18.2 Å². The van der Waals surface area contributed by atoms with Gasteiger partial charge >= 0.3 is 0 Å². The average Bonchev–Trinajstić information content (AvgIpc) is 3.04. The number of phenols is 1. The molecule has 5 aromatic rings. The van der Waals surface area contributed by atoms with Gasteiger partial charge in [-0.05, 0) is 77.1 Å². The first-order chi connectivity index (χ1) is 22.1. The maximum atomic E-state index is 11.3. The Balaban J connectivity index is 0.000000231. The Bertz CT molecular complexity index is 1730. The summed E-state index contributed by atoms with van der Waals surface area (Å²) in [6.07, 6.45) is 0.981. The van der Waals surface area contributed by atoms with Crippen LogP contribution in [0, 0.1) is 0 Å². The lowest BCUT2D eigenvalue weighted by molar-refractivity contribution is 0.414. The quantitative estimate of drug-likeness (QED) is 0.140. The lowest BCUT2D eigenvalue weighted by Crippen LogP contribution is -2.32. The second-order valence-electron chi connectivity index (χ2n) is 13.6. The van der Waals surface area contributed by atoms with E-state index in [1.54, 1.807) is 7.11 Å². The van der Waals surface area contributed by atoms with E-state index in [9.17, 15) is 18.1 Å². The molecule has 0 amide bonds. The summed E-state index contributed by atoms with van der Waals surface area (Å²) in [5.41, 5.74) is 1.35. The molecule has 0 spiro atoms. The smallest absolute Gasteiger partial charge is 0.124 e. The first-order valence-electron chi connectivity index (χ1n) is 15.6. The van der Waals surface area contributed by atoms with Crippen molar-refractivity contribution in [2.24, 2.45) is 0 Å². The standard InChI is InChI=1S/C26H24OP.C14H22O4S/c1-27-23-19-17-22(18-20-23)21-28(24-11-5-2-6-12-24,25-13-7-3-8-14-25)26-15-9-4-10-16-26;1-13(2,3)10-7-9(19(16,17)18)8-11(12(10)15)14(4,5)6/h2-20H,21H2,1H3;7-8,15H,1-6H3,(H,16,17,18)/q+1;/p-1. The number of phenolic OH excluding ortho intramolecular Hbond substituents is 1. The molecule has 0 radical (unpaired) electrons. The summed E-state index contributed by atoms with van der Waals surface area (Å²) in [6.45, 7) is 11.1. The van der Waals surface area contributed by atoms with Gasteiger partial charge in [0.25, 0.3) is 0 Å². The lowest BCUT2D eigenvalue weighted by atomic mass is 9.79. The number of ether oxygens (including phenoxy) is 1. The molecular weight excluding hydrogens is 623 g/mol. The van der Waals surface area contributed by atoms with E-state index in [4.69, 9.17) is 4.74 Å². The number of methoxy groups -OCH3 is 1. The fourth-order valence-electron chi connectivity index (χ4n) is 5.67. The molecule has 0 bridgehead atoms. The molecule has 5 aromatic carbocycles. The lowest BCUT2D eigenvalue weighted by Gasteiger charge is -2.28. The molecule has 0 heterocycles. The molecule has 0 aliphatic rings. The molecule has 1 N–H and O–H groups in total. The zero-order valence-corrected chi connectivity index (χ0v) is 30.0. The number of hydrogen-bond donors (Lipinski definition) is 1. The van der Waals surface area contributed by atoms with Crippen molar-refractivity contribution in [3.05, 3.63) is 144 Å². The summed E-state index contributed by atoms with van der Waals surface area (Å²) in [5.74, 6) is 0.958. The highest BCUT2D eigenvalue weighted by molar-refractivity contribution is 7.95. The molecule has 7 heteroatoms. The van der Waals surface area contributed by atoms with Crippen molar-refractivity contribution in [1.82, 2.24) is 0 Å². The van der Waals surface area contributed by atoms with Crippen LogP contribution >= 0.6 is 7.26 Å². The number of benzene rings is 5. The summed E-state index contributed by atoms with van der Waals surface area (Å²) in [7, 11) is -4.67. The molecule has 5 rings (SSSR count). The molecule has 0 fully saturated rings. The zero-order valence-electron chi connectivity index (χ0n) is 28.3. The summed E-state index contributed by atoms with van der Waals surface area (Å²) >= 11 is 0. The topological polar surface area (TPSA) is 86.7 Å². The van der Waals surface area contributed by atoms with E-state index in [1.807, 2.05) is 41.5 Å². The first kappa shape index (κ1) is 35.9. The minimum absolute atomic E-state index is 0.0624. The van der Waals surface area contributed by atoms with Crippen LogP contribution in [0.1, 0.15) is 58.2 Å². The van der Waals surface area contributed by atoms with Crippen molar-refractivity contribution in [3.8, 4) is 11.5 Å². The Morgan fingerprint density at radius 1 is 0.638 bits per heavy atom. The summed E-state index contributed by atoms with van der Waals surface area (Å²) < 4.78 is 39.2. The molecule has 0 saturated heterocycles. The highest BCUT2D eigenvalue weighted by atomic mass is 32.2. The molecule has 246 valence electrons. The van der Waals surface area contributed by atoms with Crippen LogP contribution < -0.4 is 20.7 Å². The van der Waals surface area contributed by atoms with Crippen molar-refractivity contribution < 1.29 is 22.8 Å². The van der Waals surface area contributed by atoms with Crippen molar-refractivity contribution in [2.75, 3.05) is 7.11 Å². The Kier molecular flexibility index (Phi) is 11.0. The van der Waals surface area contributed by atoms with Crippen LogP contribution in [-0.2, 0) is 27.1 Å². The van der Waals surface area contributed by atoms with Gasteiger partial charge in [0, 0.05) is 11.1 Å². The fraction of sp³-hybridized carbons (Fsp3) is 0.250. The molecular formula is C40H45O5PS. The predicted molar refractivity (Wildman–Crippen MR) is 195 cm³/mol. The van der Waals surface area contributed by atoms with E-state index in [2.05, 4.69) is 115 Å². The molecule has 0 aromatic heterocycles. The summed E-state index contributed by atoms with van der Waals surface area (Å²) in [4.78, 5) is -0.292. The molecule has 0 aliphatic heterocycles. The van der Waals surface area contributed by atoms with E-state index in [0.717, 1.165) is 11.9 Å². The van der Waals surface area contributed by atoms with Crippen LogP contribution in [0.3, 0.4) is 0 Å². The van der Waals surface area contributed by atoms with Crippen LogP contribution in [0.2, 0.25) is 0 Å². The van der Waals surface area contributed by atoms with Gasteiger partial charge in [-0.2, -0.15) is 0 Å². The maximum absolute atomic E-state index is 11.3. The van der Waals surface area contributed by atoms with E-state index in [0.29, 0.717) is 11.1 Å². The third-order valence-electron chi connectivity index (χ3n) is 8.16. The molecule has 47 heavy (non-hydrogen) atoms. The van der Waals surface area contributed by atoms with Crippen molar-refractivity contribution in [1.29, 1.82) is 0 Å². The number of rotatable bonds is 7. The van der Waals surface area contributed by atoms with Crippen molar-refractivity contribution >= 4 is 33.3 Å². The van der Waals surface area contributed by atoms with Gasteiger partial charge in [0.1, 0.15) is 44.8 Å².